The number of hydrogen-bond acceptors (Lipinski definition) is 6. The maximum Gasteiger partial charge on any atom is 0.373 e. The van der Waals surface area contributed by atoms with Gasteiger partial charge in [-0.2, -0.15) is 4.98 Å². The fourth-order valence-corrected chi connectivity index (χ4v) is 1.69. The Bertz CT molecular complexity index is 511. The van der Waals surface area contributed by atoms with E-state index in [1.165, 1.54) is 7.11 Å². The van der Waals surface area contributed by atoms with E-state index in [0.717, 1.165) is 4.90 Å². The number of nitrogens with one attached hydrogen (secondary N) is 1. The van der Waals surface area contributed by atoms with E-state index >= 15 is 0 Å². The summed E-state index contributed by atoms with van der Waals surface area (Å²) in [6.45, 7) is 0.0857. The molecule has 1 fully saturated rings. The van der Waals surface area contributed by atoms with E-state index in [4.69, 9.17) is 5.11 Å². The van der Waals surface area contributed by atoms with E-state index in [1.807, 2.05) is 0 Å². The van der Waals surface area contributed by atoms with Crippen molar-refractivity contribution < 1.29 is 24.2 Å². The van der Waals surface area contributed by atoms with Crippen LogP contribution < -0.4 is 4.90 Å². The Morgan fingerprint density at radius 1 is 1.56 bits per heavy atom. The minimum atomic E-state index is -1.27. The highest BCUT2D eigenvalue weighted by molar-refractivity contribution is 5.98. The van der Waals surface area contributed by atoms with Gasteiger partial charge in [-0.05, 0) is 0 Å². The first kappa shape index (κ1) is 12.0. The van der Waals surface area contributed by atoms with Crippen LogP contribution in [0, 0.1) is 5.92 Å². The highest BCUT2D eigenvalue weighted by atomic mass is 16.5. The fraction of sp³-hybridized carbons (Fsp3) is 0.444. The van der Waals surface area contributed by atoms with Gasteiger partial charge in [0.15, 0.2) is 0 Å². The lowest BCUT2D eigenvalue weighted by Crippen LogP contribution is -2.27. The van der Waals surface area contributed by atoms with Crippen molar-refractivity contribution in [1.82, 2.24) is 15.2 Å². The number of aromatic amines is 1. The molecule has 96 valence electrons. The third-order valence-corrected chi connectivity index (χ3v) is 2.58. The molecule has 1 aliphatic heterocycles. The second-order valence-corrected chi connectivity index (χ2v) is 3.72. The molecule has 9 nitrogen and oxygen atoms in total. The molecule has 1 aliphatic rings. The molecule has 1 aromatic heterocycles. The number of methoxy groups -OCH3 is 1. The molecule has 2 heterocycles. The Morgan fingerprint density at radius 3 is 2.83 bits per heavy atom. The largest absolute Gasteiger partial charge is 0.475 e. The summed E-state index contributed by atoms with van der Waals surface area (Å²) >= 11 is 0. The van der Waals surface area contributed by atoms with Crippen LogP contribution in [0.1, 0.15) is 17.0 Å². The van der Waals surface area contributed by atoms with Crippen LogP contribution in [0.15, 0.2) is 0 Å². The van der Waals surface area contributed by atoms with Gasteiger partial charge in [0.2, 0.25) is 11.7 Å². The summed E-state index contributed by atoms with van der Waals surface area (Å²) < 4.78 is 4.55. The molecule has 1 atom stereocenters. The van der Waals surface area contributed by atoms with Crippen LogP contribution in [0.4, 0.5) is 5.95 Å². The standard InChI is InChI=1S/C9H10N4O5/c1-18-8(17)4-2-5(14)13(3-4)9-10-6(7(15)16)11-12-9/h4H,2-3H2,1H3,(H,15,16)(H,10,11,12). The van der Waals surface area contributed by atoms with Crippen LogP contribution in [0.5, 0.6) is 0 Å². The molecule has 0 aromatic carbocycles. The third-order valence-electron chi connectivity index (χ3n) is 2.58. The topological polar surface area (TPSA) is 125 Å². The maximum absolute atomic E-state index is 11.7. The van der Waals surface area contributed by atoms with Crippen LogP contribution >= 0.6 is 0 Å². The molecule has 18 heavy (non-hydrogen) atoms. The number of carboxylic acid groups (broad SMARTS) is 1. The Hall–Kier alpha value is -2.45. The Balaban J connectivity index is 2.16. The number of hydrogen-bond donors (Lipinski definition) is 2. The van der Waals surface area contributed by atoms with Gasteiger partial charge in [-0.3, -0.25) is 19.6 Å². The molecular formula is C9H10N4O5. The summed E-state index contributed by atoms with van der Waals surface area (Å²) in [5.41, 5.74) is 0. The second-order valence-electron chi connectivity index (χ2n) is 3.72. The molecule has 1 amide bonds. The number of ether oxygens (including phenoxy) is 1. The fourth-order valence-electron chi connectivity index (χ4n) is 1.69. The van der Waals surface area contributed by atoms with Gasteiger partial charge in [0, 0.05) is 13.0 Å². The van der Waals surface area contributed by atoms with Crippen molar-refractivity contribution in [3.63, 3.8) is 0 Å². The number of rotatable bonds is 3. The van der Waals surface area contributed by atoms with E-state index in [-0.39, 0.29) is 30.6 Å². The summed E-state index contributed by atoms with van der Waals surface area (Å²) in [7, 11) is 1.24. The molecule has 0 spiro atoms. The van der Waals surface area contributed by atoms with Gasteiger partial charge in [0.25, 0.3) is 5.95 Å². The van der Waals surface area contributed by atoms with Crippen LogP contribution in [0.2, 0.25) is 0 Å². The van der Waals surface area contributed by atoms with Gasteiger partial charge in [-0.25, -0.2) is 4.79 Å². The van der Waals surface area contributed by atoms with Gasteiger partial charge in [0.05, 0.1) is 13.0 Å². The zero-order chi connectivity index (χ0) is 13.3. The van der Waals surface area contributed by atoms with Crippen LogP contribution in [0.25, 0.3) is 0 Å². The Morgan fingerprint density at radius 2 is 2.28 bits per heavy atom. The molecular weight excluding hydrogens is 244 g/mol. The maximum atomic E-state index is 11.7. The minimum Gasteiger partial charge on any atom is -0.475 e. The SMILES string of the molecule is COC(=O)C1CC(=O)N(c2n[nH]c(C(=O)O)n2)C1. The summed E-state index contributed by atoms with van der Waals surface area (Å²) in [5, 5.41) is 14.5. The molecule has 9 heteroatoms. The van der Waals surface area contributed by atoms with E-state index in [9.17, 15) is 14.4 Å². The molecule has 0 radical (unpaired) electrons. The van der Waals surface area contributed by atoms with Crippen molar-refractivity contribution in [3.8, 4) is 0 Å². The number of aromatic carboxylic acids is 1. The zero-order valence-electron chi connectivity index (χ0n) is 9.41. The minimum absolute atomic E-state index is 0.00359. The number of amides is 1. The van der Waals surface area contributed by atoms with Gasteiger partial charge < -0.3 is 9.84 Å². The quantitative estimate of drug-likeness (QED) is 0.664. The number of esters is 1. The van der Waals surface area contributed by atoms with Gasteiger partial charge >= 0.3 is 11.9 Å². The Kier molecular flexibility index (Phi) is 2.96. The number of anilines is 1. The first-order valence-electron chi connectivity index (χ1n) is 5.06. The number of carbonyl (C=O) groups is 3. The van der Waals surface area contributed by atoms with E-state index in [0.29, 0.717) is 0 Å². The van der Waals surface area contributed by atoms with E-state index in [2.05, 4.69) is 19.9 Å². The average Bonchev–Trinajstić information content (AvgIpc) is 2.94. The van der Waals surface area contributed by atoms with Crippen LogP contribution in [0.3, 0.4) is 0 Å². The molecule has 0 bridgehead atoms. The average molecular weight is 254 g/mol. The number of carbonyl (C=O) groups excluding carboxylic acids is 2. The Labute approximate surface area is 101 Å². The van der Waals surface area contributed by atoms with Gasteiger partial charge in [0.1, 0.15) is 0 Å². The monoisotopic (exact) mass is 254 g/mol. The zero-order valence-corrected chi connectivity index (χ0v) is 9.41. The lowest BCUT2D eigenvalue weighted by molar-refractivity contribution is -0.145. The summed E-state index contributed by atoms with van der Waals surface area (Å²) in [6.07, 6.45) is 0.00359. The lowest BCUT2D eigenvalue weighted by atomic mass is 10.1. The highest BCUT2D eigenvalue weighted by Gasteiger charge is 2.37. The number of H-pyrrole nitrogens is 1. The number of carboxylic acids is 1. The second kappa shape index (κ2) is 4.43. The van der Waals surface area contributed by atoms with Crippen molar-refractivity contribution in [1.29, 1.82) is 0 Å². The molecule has 2 rings (SSSR count). The lowest BCUT2D eigenvalue weighted by Gasteiger charge is -2.10. The molecule has 1 saturated heterocycles. The first-order chi connectivity index (χ1) is 8.52. The van der Waals surface area contributed by atoms with Crippen molar-refractivity contribution in [2.24, 2.45) is 5.92 Å². The van der Waals surface area contributed by atoms with Crippen LogP contribution in [-0.4, -0.2) is 51.8 Å². The molecule has 0 saturated carbocycles. The van der Waals surface area contributed by atoms with E-state index < -0.39 is 17.9 Å². The smallest absolute Gasteiger partial charge is 0.373 e. The number of aromatic nitrogens is 3. The van der Waals surface area contributed by atoms with Crippen molar-refractivity contribution in [2.75, 3.05) is 18.6 Å². The first-order valence-corrected chi connectivity index (χ1v) is 5.06. The molecule has 2 N–H and O–H groups in total. The third kappa shape index (κ3) is 2.01. The molecule has 0 aliphatic carbocycles. The van der Waals surface area contributed by atoms with Crippen LogP contribution in [-0.2, 0) is 14.3 Å². The normalized spacial score (nSPS) is 19.1. The summed E-state index contributed by atoms with van der Waals surface area (Å²) in [5.74, 6) is -3.09. The number of nitrogens with zero attached hydrogens (tertiary/aromatic N) is 3. The molecule has 1 unspecified atom stereocenters. The highest BCUT2D eigenvalue weighted by Crippen LogP contribution is 2.22. The van der Waals surface area contributed by atoms with Crippen molar-refractivity contribution in [2.45, 2.75) is 6.42 Å². The summed E-state index contributed by atoms with van der Waals surface area (Å²) in [6, 6.07) is 0. The summed E-state index contributed by atoms with van der Waals surface area (Å²) in [4.78, 5) is 38.4. The van der Waals surface area contributed by atoms with Crippen molar-refractivity contribution in [3.05, 3.63) is 5.82 Å². The van der Waals surface area contributed by atoms with Gasteiger partial charge in [-0.1, -0.05) is 0 Å². The predicted octanol–water partition coefficient (Wildman–Crippen LogP) is -0.971. The van der Waals surface area contributed by atoms with Crippen molar-refractivity contribution >= 4 is 23.8 Å². The predicted molar refractivity (Wildman–Crippen MR) is 55.8 cm³/mol. The van der Waals surface area contributed by atoms with Gasteiger partial charge in [-0.15, -0.1) is 5.10 Å². The molecule has 1 aromatic rings. The van der Waals surface area contributed by atoms with E-state index in [1.54, 1.807) is 0 Å².